The fourth-order valence-electron chi connectivity index (χ4n) is 2.03. The molecule has 0 fully saturated rings. The first kappa shape index (κ1) is 14.6. The second-order valence-corrected chi connectivity index (χ2v) is 4.53. The topological polar surface area (TPSA) is 63.5 Å². The van der Waals surface area contributed by atoms with Gasteiger partial charge < -0.3 is 4.90 Å². The van der Waals surface area contributed by atoms with E-state index in [2.05, 4.69) is 0 Å². The number of benzene rings is 2. The molecule has 0 N–H and O–H groups in total. The molecule has 0 spiro atoms. The maximum absolute atomic E-state index is 13.8. The summed E-state index contributed by atoms with van der Waals surface area (Å²) in [7, 11) is 1.54. The first-order valence-electron chi connectivity index (χ1n) is 6.19. The van der Waals surface area contributed by atoms with E-state index in [0.29, 0.717) is 0 Å². The number of nitrogens with zero attached hydrogens (tertiary/aromatic N) is 2. The SMILES string of the molecule is CC(=O)c1ccc(N(C)c2ccccc2F)c([N+](=O)[O-])c1. The number of para-hydroxylation sites is 1. The van der Waals surface area contributed by atoms with Gasteiger partial charge in [0.2, 0.25) is 0 Å². The van der Waals surface area contributed by atoms with E-state index in [9.17, 15) is 19.3 Å². The third-order valence-electron chi connectivity index (χ3n) is 3.15. The Labute approximate surface area is 120 Å². The Morgan fingerprint density at radius 1 is 1.19 bits per heavy atom. The zero-order chi connectivity index (χ0) is 15.6. The number of rotatable bonds is 4. The van der Waals surface area contributed by atoms with Crippen LogP contribution in [0.5, 0.6) is 0 Å². The van der Waals surface area contributed by atoms with Crippen LogP contribution in [0.3, 0.4) is 0 Å². The van der Waals surface area contributed by atoms with Gasteiger partial charge in [0.05, 0.1) is 10.6 Å². The van der Waals surface area contributed by atoms with Gasteiger partial charge in [0, 0.05) is 18.7 Å². The Morgan fingerprint density at radius 3 is 2.43 bits per heavy atom. The highest BCUT2D eigenvalue weighted by Gasteiger charge is 2.21. The van der Waals surface area contributed by atoms with Crippen molar-refractivity contribution in [3.8, 4) is 0 Å². The van der Waals surface area contributed by atoms with E-state index in [0.717, 1.165) is 0 Å². The summed E-state index contributed by atoms with van der Waals surface area (Å²) in [4.78, 5) is 23.3. The number of Topliss-reactive ketones (excluding diaryl/α,β-unsaturated/α-hetero) is 1. The minimum atomic E-state index is -0.584. The minimum Gasteiger partial charge on any atom is -0.337 e. The lowest BCUT2D eigenvalue weighted by Crippen LogP contribution is -2.13. The van der Waals surface area contributed by atoms with Gasteiger partial charge in [0.25, 0.3) is 5.69 Å². The van der Waals surface area contributed by atoms with Crippen LogP contribution in [0.2, 0.25) is 0 Å². The molecule has 0 radical (unpaired) electrons. The minimum absolute atomic E-state index is 0.218. The predicted octanol–water partition coefficient (Wildman–Crippen LogP) is 3.70. The van der Waals surface area contributed by atoms with E-state index in [4.69, 9.17) is 0 Å². The molecule has 0 unspecified atom stereocenters. The van der Waals surface area contributed by atoms with Gasteiger partial charge in [-0.2, -0.15) is 0 Å². The predicted molar refractivity (Wildman–Crippen MR) is 77.6 cm³/mol. The van der Waals surface area contributed by atoms with Crippen molar-refractivity contribution in [3.05, 3.63) is 64.0 Å². The number of ketones is 1. The fourth-order valence-corrected chi connectivity index (χ4v) is 2.03. The first-order valence-corrected chi connectivity index (χ1v) is 6.19. The maximum atomic E-state index is 13.8. The number of halogens is 1. The van der Waals surface area contributed by atoms with Crippen molar-refractivity contribution in [2.24, 2.45) is 0 Å². The summed E-state index contributed by atoms with van der Waals surface area (Å²) in [6.07, 6.45) is 0. The molecule has 0 aliphatic heterocycles. The normalized spacial score (nSPS) is 10.2. The van der Waals surface area contributed by atoms with Crippen LogP contribution < -0.4 is 4.90 Å². The summed E-state index contributed by atoms with van der Waals surface area (Å²) >= 11 is 0. The van der Waals surface area contributed by atoms with Crippen molar-refractivity contribution in [2.45, 2.75) is 6.92 Å². The second kappa shape index (κ2) is 5.70. The third kappa shape index (κ3) is 2.89. The quantitative estimate of drug-likeness (QED) is 0.489. The van der Waals surface area contributed by atoms with Crippen LogP contribution >= 0.6 is 0 Å². The first-order chi connectivity index (χ1) is 9.91. The number of anilines is 2. The van der Waals surface area contributed by atoms with Crippen LogP contribution in [0.15, 0.2) is 42.5 Å². The average molecular weight is 288 g/mol. The van der Waals surface area contributed by atoms with E-state index in [1.807, 2.05) is 0 Å². The number of carbonyl (C=O) groups is 1. The molecule has 0 heterocycles. The lowest BCUT2D eigenvalue weighted by atomic mass is 10.1. The van der Waals surface area contributed by atoms with Crippen molar-refractivity contribution in [1.82, 2.24) is 0 Å². The zero-order valence-corrected chi connectivity index (χ0v) is 11.5. The molecule has 2 rings (SSSR count). The van der Waals surface area contributed by atoms with Crippen molar-refractivity contribution in [3.63, 3.8) is 0 Å². The van der Waals surface area contributed by atoms with E-state index in [-0.39, 0.29) is 28.4 Å². The molecule has 2 aromatic carbocycles. The smallest absolute Gasteiger partial charge is 0.293 e. The molecule has 0 aliphatic rings. The van der Waals surface area contributed by atoms with Crippen molar-refractivity contribution in [1.29, 1.82) is 0 Å². The lowest BCUT2D eigenvalue weighted by Gasteiger charge is -2.20. The maximum Gasteiger partial charge on any atom is 0.293 e. The molecule has 5 nitrogen and oxygen atoms in total. The Morgan fingerprint density at radius 2 is 1.86 bits per heavy atom. The monoisotopic (exact) mass is 288 g/mol. The van der Waals surface area contributed by atoms with Crippen LogP contribution in [-0.2, 0) is 0 Å². The Balaban J connectivity index is 2.55. The summed E-state index contributed by atoms with van der Waals surface area (Å²) in [5.74, 6) is -0.747. The number of nitro benzene ring substituents is 1. The van der Waals surface area contributed by atoms with Crippen molar-refractivity contribution >= 4 is 22.8 Å². The van der Waals surface area contributed by atoms with Gasteiger partial charge in [-0.15, -0.1) is 0 Å². The van der Waals surface area contributed by atoms with Crippen LogP contribution in [0.4, 0.5) is 21.5 Å². The Kier molecular flexibility index (Phi) is 3.98. The van der Waals surface area contributed by atoms with Gasteiger partial charge in [0.15, 0.2) is 5.78 Å². The molecule has 0 aromatic heterocycles. The molecule has 108 valence electrons. The Bertz CT molecular complexity index is 716. The Hall–Kier alpha value is -2.76. The third-order valence-corrected chi connectivity index (χ3v) is 3.15. The average Bonchev–Trinajstić information content (AvgIpc) is 2.46. The van der Waals surface area contributed by atoms with E-state index >= 15 is 0 Å². The largest absolute Gasteiger partial charge is 0.337 e. The summed E-state index contributed by atoms with van der Waals surface area (Å²) in [6.45, 7) is 1.33. The highest BCUT2D eigenvalue weighted by atomic mass is 19.1. The molecule has 0 amide bonds. The van der Waals surface area contributed by atoms with Gasteiger partial charge in [-0.25, -0.2) is 4.39 Å². The van der Waals surface area contributed by atoms with Crippen molar-refractivity contribution < 1.29 is 14.1 Å². The molecule has 0 saturated heterocycles. The number of hydrogen-bond acceptors (Lipinski definition) is 4. The van der Waals surface area contributed by atoms with Gasteiger partial charge in [0.1, 0.15) is 11.5 Å². The highest BCUT2D eigenvalue weighted by molar-refractivity contribution is 5.95. The molecule has 2 aromatic rings. The van der Waals surface area contributed by atoms with Gasteiger partial charge in [-0.1, -0.05) is 12.1 Å². The van der Waals surface area contributed by atoms with Crippen LogP contribution in [-0.4, -0.2) is 17.8 Å². The van der Waals surface area contributed by atoms with E-state index in [1.165, 1.54) is 49.2 Å². The van der Waals surface area contributed by atoms with Crippen LogP contribution in [0.25, 0.3) is 0 Å². The standard InChI is InChI=1S/C15H13FN2O3/c1-10(19)11-7-8-14(15(9-11)18(20)21)17(2)13-6-4-3-5-12(13)16/h3-9H,1-2H3. The molecular weight excluding hydrogens is 275 g/mol. The molecule has 0 atom stereocenters. The highest BCUT2D eigenvalue weighted by Crippen LogP contribution is 2.34. The molecule has 0 bridgehead atoms. The summed E-state index contributed by atoms with van der Waals surface area (Å²) in [5, 5.41) is 11.2. The van der Waals surface area contributed by atoms with Gasteiger partial charge in [-0.05, 0) is 31.2 Å². The molecule has 6 heteroatoms. The second-order valence-electron chi connectivity index (χ2n) is 4.53. The van der Waals surface area contributed by atoms with Gasteiger partial charge in [-0.3, -0.25) is 14.9 Å². The lowest BCUT2D eigenvalue weighted by molar-refractivity contribution is -0.384. The van der Waals surface area contributed by atoms with E-state index in [1.54, 1.807) is 12.1 Å². The van der Waals surface area contributed by atoms with Crippen LogP contribution in [0.1, 0.15) is 17.3 Å². The van der Waals surface area contributed by atoms with E-state index < -0.39 is 10.7 Å². The van der Waals surface area contributed by atoms with Crippen molar-refractivity contribution in [2.75, 3.05) is 11.9 Å². The molecule has 0 saturated carbocycles. The van der Waals surface area contributed by atoms with Gasteiger partial charge >= 0.3 is 0 Å². The summed E-state index contributed by atoms with van der Waals surface area (Å²) in [5.41, 5.74) is 0.437. The number of nitro groups is 1. The zero-order valence-electron chi connectivity index (χ0n) is 11.5. The molecule has 21 heavy (non-hydrogen) atoms. The molecular formula is C15H13FN2O3. The number of hydrogen-bond donors (Lipinski definition) is 0. The summed E-state index contributed by atoms with van der Waals surface area (Å²) in [6, 6.07) is 10.1. The molecule has 0 aliphatic carbocycles. The fraction of sp³-hybridized carbons (Fsp3) is 0.133. The summed E-state index contributed by atoms with van der Waals surface area (Å²) < 4.78 is 13.8. The van der Waals surface area contributed by atoms with Crippen LogP contribution in [0, 0.1) is 15.9 Å². The number of carbonyl (C=O) groups excluding carboxylic acids is 1.